The summed E-state index contributed by atoms with van der Waals surface area (Å²) < 4.78 is 5.23. The van der Waals surface area contributed by atoms with Crippen molar-refractivity contribution in [3.63, 3.8) is 0 Å². The van der Waals surface area contributed by atoms with Crippen molar-refractivity contribution in [2.75, 3.05) is 12.5 Å². The molecule has 1 atom stereocenters. The second kappa shape index (κ2) is 4.56. The molecule has 92 valence electrons. The van der Waals surface area contributed by atoms with Crippen LogP contribution in [-0.4, -0.2) is 17.1 Å². The van der Waals surface area contributed by atoms with Gasteiger partial charge in [0.15, 0.2) is 11.6 Å². The number of nitrogens with one attached hydrogen (secondary N) is 1. The number of anilines is 1. The normalized spacial score (nSPS) is 13.0. The van der Waals surface area contributed by atoms with Crippen molar-refractivity contribution in [1.29, 1.82) is 0 Å². The van der Waals surface area contributed by atoms with Crippen LogP contribution in [0.2, 0.25) is 0 Å². The van der Waals surface area contributed by atoms with Crippen LogP contribution in [-0.2, 0) is 4.74 Å². The number of methoxy groups -OCH3 is 1. The smallest absolute Gasteiger partial charge is 0.160 e. The van der Waals surface area contributed by atoms with Crippen molar-refractivity contribution in [3.05, 3.63) is 16.3 Å². The van der Waals surface area contributed by atoms with Crippen LogP contribution >= 0.6 is 11.3 Å². The van der Waals surface area contributed by atoms with Gasteiger partial charge in [-0.3, -0.25) is 0 Å². The van der Waals surface area contributed by atoms with E-state index >= 15 is 0 Å². The van der Waals surface area contributed by atoms with Crippen molar-refractivity contribution in [2.24, 2.45) is 5.84 Å². The Labute approximate surface area is 104 Å². The third kappa shape index (κ3) is 1.99. The molecule has 0 aliphatic rings. The molecule has 0 aromatic carbocycles. The molecule has 0 radical (unpaired) electrons. The molecule has 0 saturated carbocycles. The van der Waals surface area contributed by atoms with E-state index in [1.807, 2.05) is 6.92 Å². The fraction of sp³-hybridized carbons (Fsp3) is 0.455. The first-order valence-electron chi connectivity index (χ1n) is 5.35. The number of ether oxygens (including phenoxy) is 1. The molecule has 0 aliphatic heterocycles. The summed E-state index contributed by atoms with van der Waals surface area (Å²) in [5.41, 5.74) is 3.82. The van der Waals surface area contributed by atoms with Crippen LogP contribution in [0.3, 0.4) is 0 Å². The zero-order chi connectivity index (χ0) is 12.6. The van der Waals surface area contributed by atoms with Crippen molar-refractivity contribution in [3.8, 4) is 0 Å². The van der Waals surface area contributed by atoms with Crippen LogP contribution in [0.15, 0.2) is 0 Å². The molecule has 0 spiro atoms. The molecular formula is C11H16N4OS. The number of hydrogen-bond donors (Lipinski definition) is 2. The van der Waals surface area contributed by atoms with Gasteiger partial charge in [-0.2, -0.15) is 0 Å². The molecule has 2 aromatic rings. The predicted molar refractivity (Wildman–Crippen MR) is 70.1 cm³/mol. The lowest BCUT2D eigenvalue weighted by Gasteiger charge is -2.10. The summed E-state index contributed by atoms with van der Waals surface area (Å²) >= 11 is 1.65. The van der Waals surface area contributed by atoms with Crippen molar-refractivity contribution < 1.29 is 4.74 Å². The first-order chi connectivity index (χ1) is 8.08. The first kappa shape index (κ1) is 12.2. The number of hydrogen-bond acceptors (Lipinski definition) is 6. The number of nitrogens with two attached hydrogens (primary N) is 1. The first-order valence-corrected chi connectivity index (χ1v) is 6.17. The number of thiophene rings is 1. The number of rotatable bonds is 3. The molecule has 2 rings (SSSR count). The van der Waals surface area contributed by atoms with Crippen LogP contribution in [0.1, 0.15) is 29.3 Å². The maximum atomic E-state index is 5.53. The Morgan fingerprint density at radius 2 is 2.06 bits per heavy atom. The summed E-state index contributed by atoms with van der Waals surface area (Å²) in [6.45, 7) is 6.04. The quantitative estimate of drug-likeness (QED) is 0.647. The molecule has 17 heavy (non-hydrogen) atoms. The Bertz CT molecular complexity index is 552. The van der Waals surface area contributed by atoms with E-state index in [1.54, 1.807) is 18.4 Å². The van der Waals surface area contributed by atoms with Crippen LogP contribution in [0.5, 0.6) is 0 Å². The maximum absolute atomic E-state index is 5.53. The molecule has 1 unspecified atom stereocenters. The van der Waals surface area contributed by atoms with Crippen molar-refractivity contribution in [2.45, 2.75) is 26.9 Å². The van der Waals surface area contributed by atoms with E-state index in [1.165, 1.54) is 10.4 Å². The van der Waals surface area contributed by atoms with Gasteiger partial charge < -0.3 is 10.2 Å². The van der Waals surface area contributed by atoms with E-state index in [-0.39, 0.29) is 6.10 Å². The molecule has 0 saturated heterocycles. The number of aromatic nitrogens is 2. The van der Waals surface area contributed by atoms with Crippen LogP contribution in [0, 0.1) is 13.8 Å². The van der Waals surface area contributed by atoms with Gasteiger partial charge in [0.05, 0.1) is 5.39 Å². The van der Waals surface area contributed by atoms with Crippen LogP contribution in [0.25, 0.3) is 10.2 Å². The summed E-state index contributed by atoms with van der Waals surface area (Å²) in [6, 6.07) is 0. The third-order valence-electron chi connectivity index (χ3n) is 2.90. The minimum absolute atomic E-state index is 0.144. The summed E-state index contributed by atoms with van der Waals surface area (Å²) in [5, 5.41) is 1.00. The van der Waals surface area contributed by atoms with Crippen LogP contribution in [0.4, 0.5) is 5.82 Å². The number of nitrogen functional groups attached to an aromatic ring is 1. The summed E-state index contributed by atoms with van der Waals surface area (Å²) in [5.74, 6) is 6.84. The molecular weight excluding hydrogens is 236 g/mol. The number of aryl methyl sites for hydroxylation is 2. The van der Waals surface area contributed by atoms with Crippen molar-refractivity contribution in [1.82, 2.24) is 9.97 Å². The minimum atomic E-state index is -0.144. The number of fused-ring (bicyclic) bond motifs is 1. The Hall–Kier alpha value is -1.24. The van der Waals surface area contributed by atoms with E-state index in [9.17, 15) is 0 Å². The molecule has 5 nitrogen and oxygen atoms in total. The molecule has 3 N–H and O–H groups in total. The van der Waals surface area contributed by atoms with E-state index in [2.05, 4.69) is 29.2 Å². The van der Waals surface area contributed by atoms with Gasteiger partial charge in [0.2, 0.25) is 0 Å². The summed E-state index contributed by atoms with van der Waals surface area (Å²) in [6.07, 6.45) is -0.144. The molecule has 2 aromatic heterocycles. The van der Waals surface area contributed by atoms with E-state index in [4.69, 9.17) is 10.6 Å². The average molecular weight is 252 g/mol. The highest BCUT2D eigenvalue weighted by Crippen LogP contribution is 2.33. The van der Waals surface area contributed by atoms with Gasteiger partial charge in [-0.15, -0.1) is 11.3 Å². The summed E-state index contributed by atoms with van der Waals surface area (Å²) in [4.78, 5) is 11.1. The highest BCUT2D eigenvalue weighted by Gasteiger charge is 2.16. The van der Waals surface area contributed by atoms with Gasteiger partial charge >= 0.3 is 0 Å². The van der Waals surface area contributed by atoms with E-state index in [0.29, 0.717) is 11.6 Å². The SMILES string of the molecule is COC(C)c1nc(NN)c2c(C)c(C)sc2n1. The second-order valence-electron chi connectivity index (χ2n) is 3.92. The Morgan fingerprint density at radius 3 is 2.65 bits per heavy atom. The molecule has 0 fully saturated rings. The van der Waals surface area contributed by atoms with Gasteiger partial charge in [-0.05, 0) is 26.3 Å². The Kier molecular flexibility index (Phi) is 3.28. The monoisotopic (exact) mass is 252 g/mol. The lowest BCUT2D eigenvalue weighted by molar-refractivity contribution is 0.112. The molecule has 6 heteroatoms. The number of nitrogens with zero attached hydrogens (tertiary/aromatic N) is 2. The molecule has 0 amide bonds. The van der Waals surface area contributed by atoms with Crippen molar-refractivity contribution >= 4 is 27.4 Å². The summed E-state index contributed by atoms with van der Waals surface area (Å²) in [7, 11) is 1.64. The Balaban J connectivity index is 2.70. The van der Waals surface area contributed by atoms with Crippen LogP contribution < -0.4 is 11.3 Å². The van der Waals surface area contributed by atoms with Gasteiger partial charge in [-0.1, -0.05) is 0 Å². The third-order valence-corrected chi connectivity index (χ3v) is 4.00. The highest BCUT2D eigenvalue weighted by molar-refractivity contribution is 7.18. The standard InChI is InChI=1S/C11H16N4OS/c1-5-7(3)17-11-8(5)10(15-12)13-9(14-11)6(2)16-4/h6H,12H2,1-4H3,(H,13,14,15). The zero-order valence-corrected chi connectivity index (χ0v) is 11.2. The fourth-order valence-corrected chi connectivity index (χ4v) is 2.69. The highest BCUT2D eigenvalue weighted by atomic mass is 32.1. The molecule has 2 heterocycles. The lowest BCUT2D eigenvalue weighted by Crippen LogP contribution is -2.12. The Morgan fingerprint density at radius 1 is 1.35 bits per heavy atom. The van der Waals surface area contributed by atoms with Gasteiger partial charge in [-0.25, -0.2) is 15.8 Å². The largest absolute Gasteiger partial charge is 0.374 e. The molecule has 0 bridgehead atoms. The molecule has 0 aliphatic carbocycles. The fourth-order valence-electron chi connectivity index (χ4n) is 1.66. The van der Waals surface area contributed by atoms with Gasteiger partial charge in [0.1, 0.15) is 10.9 Å². The predicted octanol–water partition coefficient (Wildman–Crippen LogP) is 2.30. The number of hydrazine groups is 1. The van der Waals surface area contributed by atoms with Gasteiger partial charge in [0, 0.05) is 12.0 Å². The minimum Gasteiger partial charge on any atom is -0.374 e. The van der Waals surface area contributed by atoms with E-state index in [0.717, 1.165) is 10.2 Å². The lowest BCUT2D eigenvalue weighted by atomic mass is 10.2. The average Bonchev–Trinajstić information content (AvgIpc) is 2.63. The maximum Gasteiger partial charge on any atom is 0.160 e. The zero-order valence-electron chi connectivity index (χ0n) is 10.4. The van der Waals surface area contributed by atoms with Gasteiger partial charge in [0.25, 0.3) is 0 Å². The topological polar surface area (TPSA) is 73.1 Å². The van der Waals surface area contributed by atoms with E-state index < -0.39 is 0 Å². The second-order valence-corrected chi connectivity index (χ2v) is 5.12.